The molecule has 1 aliphatic heterocycles. The summed E-state index contributed by atoms with van der Waals surface area (Å²) in [5.74, 6) is -0.996. The van der Waals surface area contributed by atoms with E-state index in [1.807, 2.05) is 6.20 Å². The van der Waals surface area contributed by atoms with E-state index >= 15 is 0 Å². The van der Waals surface area contributed by atoms with E-state index in [2.05, 4.69) is 22.5 Å². The molecule has 1 fully saturated rings. The molecule has 2 amide bonds. The first-order chi connectivity index (χ1) is 9.20. The molecule has 0 saturated carbocycles. The zero-order chi connectivity index (χ0) is 13.7. The smallest absolute Gasteiger partial charge is 0.311 e. The van der Waals surface area contributed by atoms with Crippen molar-refractivity contribution in [1.29, 1.82) is 0 Å². The standard InChI is InChI=1S/C12H18N4O2S/c1-2-9-7-14-10(19-9)8-15-11(17)12(18)16-5-3-13-4-6-16/h7,13H,2-6,8H2,1H3,(H,15,17). The summed E-state index contributed by atoms with van der Waals surface area (Å²) >= 11 is 1.56. The van der Waals surface area contributed by atoms with Crippen LogP contribution in [0.15, 0.2) is 6.20 Å². The van der Waals surface area contributed by atoms with E-state index in [0.29, 0.717) is 19.6 Å². The van der Waals surface area contributed by atoms with Crippen molar-refractivity contribution >= 4 is 23.2 Å². The van der Waals surface area contributed by atoms with Gasteiger partial charge in [-0.2, -0.15) is 0 Å². The van der Waals surface area contributed by atoms with Crippen LogP contribution in [0.2, 0.25) is 0 Å². The van der Waals surface area contributed by atoms with Crippen LogP contribution in [0.3, 0.4) is 0 Å². The predicted molar refractivity (Wildman–Crippen MR) is 72.8 cm³/mol. The van der Waals surface area contributed by atoms with Gasteiger partial charge in [0, 0.05) is 37.3 Å². The molecule has 1 aliphatic rings. The Morgan fingerprint density at radius 3 is 2.84 bits per heavy atom. The summed E-state index contributed by atoms with van der Waals surface area (Å²) in [7, 11) is 0. The van der Waals surface area contributed by atoms with Crippen LogP contribution in [0, 0.1) is 0 Å². The lowest BCUT2D eigenvalue weighted by Crippen LogP contribution is -2.51. The summed E-state index contributed by atoms with van der Waals surface area (Å²) in [5, 5.41) is 6.60. The summed E-state index contributed by atoms with van der Waals surface area (Å²) < 4.78 is 0. The van der Waals surface area contributed by atoms with Gasteiger partial charge in [0.05, 0.1) is 6.54 Å². The van der Waals surface area contributed by atoms with Crippen molar-refractivity contribution in [3.63, 3.8) is 0 Å². The van der Waals surface area contributed by atoms with Gasteiger partial charge in [-0.15, -0.1) is 11.3 Å². The normalized spacial score (nSPS) is 15.3. The molecule has 0 radical (unpaired) electrons. The lowest BCUT2D eigenvalue weighted by atomic mass is 10.3. The highest BCUT2D eigenvalue weighted by molar-refractivity contribution is 7.11. The number of carbonyl (C=O) groups excluding carboxylic acids is 2. The van der Waals surface area contributed by atoms with Gasteiger partial charge >= 0.3 is 11.8 Å². The Kier molecular flexibility index (Phi) is 4.86. The molecular formula is C12H18N4O2S. The van der Waals surface area contributed by atoms with Gasteiger partial charge in [-0.3, -0.25) is 9.59 Å². The Hall–Kier alpha value is -1.47. The van der Waals surface area contributed by atoms with Gasteiger partial charge in [-0.05, 0) is 6.42 Å². The predicted octanol–water partition coefficient (Wildman–Crippen LogP) is -0.246. The number of aryl methyl sites for hydroxylation is 1. The van der Waals surface area contributed by atoms with Crippen LogP contribution >= 0.6 is 11.3 Å². The summed E-state index contributed by atoms with van der Waals surface area (Å²) in [6, 6.07) is 0. The molecule has 1 aromatic heterocycles. The molecule has 2 rings (SSSR count). The minimum absolute atomic E-state index is 0.321. The number of carbonyl (C=O) groups is 2. The monoisotopic (exact) mass is 282 g/mol. The molecule has 0 atom stereocenters. The first kappa shape index (κ1) is 14.0. The van der Waals surface area contributed by atoms with Crippen LogP contribution in [0.4, 0.5) is 0 Å². The molecule has 0 bridgehead atoms. The molecule has 104 valence electrons. The molecule has 6 nitrogen and oxygen atoms in total. The third-order valence-corrected chi connectivity index (χ3v) is 4.09. The Morgan fingerprint density at radius 1 is 1.47 bits per heavy atom. The maximum Gasteiger partial charge on any atom is 0.311 e. The highest BCUT2D eigenvalue weighted by Gasteiger charge is 2.22. The van der Waals surface area contributed by atoms with Crippen LogP contribution in [0.5, 0.6) is 0 Å². The Labute approximate surface area is 116 Å². The zero-order valence-corrected chi connectivity index (χ0v) is 11.8. The van der Waals surface area contributed by atoms with Crippen LogP contribution in [0.25, 0.3) is 0 Å². The number of piperazine rings is 1. The van der Waals surface area contributed by atoms with E-state index in [9.17, 15) is 9.59 Å². The number of thiazole rings is 1. The van der Waals surface area contributed by atoms with Crippen molar-refractivity contribution in [1.82, 2.24) is 20.5 Å². The zero-order valence-electron chi connectivity index (χ0n) is 10.9. The molecule has 0 unspecified atom stereocenters. The molecular weight excluding hydrogens is 264 g/mol. The molecule has 2 N–H and O–H groups in total. The summed E-state index contributed by atoms with van der Waals surface area (Å²) in [6.45, 7) is 5.04. The first-order valence-electron chi connectivity index (χ1n) is 6.42. The van der Waals surface area contributed by atoms with Gasteiger partial charge in [0.25, 0.3) is 0 Å². The third-order valence-electron chi connectivity index (χ3n) is 2.95. The SMILES string of the molecule is CCc1cnc(CNC(=O)C(=O)N2CCNCC2)s1. The van der Waals surface area contributed by atoms with Gasteiger partial charge in [-0.25, -0.2) is 4.98 Å². The lowest BCUT2D eigenvalue weighted by molar-refractivity contribution is -0.146. The molecule has 0 spiro atoms. The van der Waals surface area contributed by atoms with E-state index in [-0.39, 0.29) is 0 Å². The Bertz CT molecular complexity index is 454. The number of hydrogen-bond acceptors (Lipinski definition) is 5. The molecule has 2 heterocycles. The van der Waals surface area contributed by atoms with Crippen molar-refractivity contribution in [3.05, 3.63) is 16.1 Å². The van der Waals surface area contributed by atoms with Crippen molar-refractivity contribution in [2.24, 2.45) is 0 Å². The Balaban J connectivity index is 1.81. The maximum atomic E-state index is 11.8. The number of nitrogens with zero attached hydrogens (tertiary/aromatic N) is 2. The third kappa shape index (κ3) is 3.74. The first-order valence-corrected chi connectivity index (χ1v) is 7.23. The highest BCUT2D eigenvalue weighted by Crippen LogP contribution is 2.12. The lowest BCUT2D eigenvalue weighted by Gasteiger charge is -2.26. The molecule has 1 aromatic rings. The van der Waals surface area contributed by atoms with Gasteiger partial charge in [0.15, 0.2) is 0 Å². The van der Waals surface area contributed by atoms with E-state index in [4.69, 9.17) is 0 Å². The number of nitrogens with one attached hydrogen (secondary N) is 2. The van der Waals surface area contributed by atoms with Gasteiger partial charge in [-0.1, -0.05) is 6.92 Å². The fourth-order valence-electron chi connectivity index (χ4n) is 1.84. The summed E-state index contributed by atoms with van der Waals surface area (Å²) in [5.41, 5.74) is 0. The van der Waals surface area contributed by atoms with E-state index < -0.39 is 11.8 Å². The number of amides is 2. The van der Waals surface area contributed by atoms with Crippen molar-refractivity contribution in [2.75, 3.05) is 26.2 Å². The average Bonchev–Trinajstić information content (AvgIpc) is 2.93. The second-order valence-corrected chi connectivity index (χ2v) is 5.50. The van der Waals surface area contributed by atoms with Crippen LogP contribution in [0.1, 0.15) is 16.8 Å². The van der Waals surface area contributed by atoms with Gasteiger partial charge in [0.2, 0.25) is 0 Å². The van der Waals surface area contributed by atoms with Crippen molar-refractivity contribution in [2.45, 2.75) is 19.9 Å². The fraction of sp³-hybridized carbons (Fsp3) is 0.583. The van der Waals surface area contributed by atoms with Crippen LogP contribution < -0.4 is 10.6 Å². The summed E-state index contributed by atoms with van der Waals surface area (Å²) in [4.78, 5) is 30.5. The fourth-order valence-corrected chi connectivity index (χ4v) is 2.64. The quantitative estimate of drug-likeness (QED) is 0.750. The molecule has 7 heteroatoms. The van der Waals surface area contributed by atoms with Crippen LogP contribution in [-0.2, 0) is 22.6 Å². The largest absolute Gasteiger partial charge is 0.341 e. The van der Waals surface area contributed by atoms with Crippen LogP contribution in [-0.4, -0.2) is 47.9 Å². The van der Waals surface area contributed by atoms with E-state index in [1.165, 1.54) is 4.88 Å². The van der Waals surface area contributed by atoms with E-state index in [0.717, 1.165) is 24.5 Å². The molecule has 0 aromatic carbocycles. The van der Waals surface area contributed by atoms with Crippen molar-refractivity contribution < 1.29 is 9.59 Å². The van der Waals surface area contributed by atoms with Crippen molar-refractivity contribution in [3.8, 4) is 0 Å². The second kappa shape index (κ2) is 6.63. The number of aromatic nitrogens is 1. The topological polar surface area (TPSA) is 74.3 Å². The average molecular weight is 282 g/mol. The highest BCUT2D eigenvalue weighted by atomic mass is 32.1. The van der Waals surface area contributed by atoms with Gasteiger partial charge in [0.1, 0.15) is 5.01 Å². The Morgan fingerprint density at radius 2 is 2.21 bits per heavy atom. The van der Waals surface area contributed by atoms with Gasteiger partial charge < -0.3 is 15.5 Å². The van der Waals surface area contributed by atoms with E-state index in [1.54, 1.807) is 16.2 Å². The minimum Gasteiger partial charge on any atom is -0.341 e. The summed E-state index contributed by atoms with van der Waals surface area (Å²) in [6.07, 6.45) is 2.75. The second-order valence-electron chi connectivity index (χ2n) is 4.30. The maximum absolute atomic E-state index is 11.8. The molecule has 1 saturated heterocycles. The number of rotatable bonds is 3. The minimum atomic E-state index is -0.546. The number of hydrogen-bond donors (Lipinski definition) is 2. The molecule has 0 aliphatic carbocycles. The molecule has 19 heavy (non-hydrogen) atoms.